The predicted molar refractivity (Wildman–Crippen MR) is 84.0 cm³/mol. The average Bonchev–Trinajstić information content (AvgIpc) is 2.49. The van der Waals surface area contributed by atoms with Gasteiger partial charge in [-0.3, -0.25) is 0 Å². The summed E-state index contributed by atoms with van der Waals surface area (Å²) in [7, 11) is 5.79. The molecule has 0 radical (unpaired) electrons. The topological polar surface area (TPSA) is 66.4 Å². The maximum Gasteiger partial charge on any atom is 0.322 e. The van der Waals surface area contributed by atoms with E-state index in [0.29, 0.717) is 23.8 Å². The molecule has 0 aromatic carbocycles. The average molecular weight is 294 g/mol. The van der Waals surface area contributed by atoms with Crippen LogP contribution >= 0.6 is 0 Å². The van der Waals surface area contributed by atoms with Crippen LogP contribution in [0.4, 0.5) is 11.9 Å². The summed E-state index contributed by atoms with van der Waals surface area (Å²) in [4.78, 5) is 17.5. The van der Waals surface area contributed by atoms with Gasteiger partial charge in [0.05, 0.1) is 7.11 Å². The highest BCUT2D eigenvalue weighted by Crippen LogP contribution is 2.20. The number of nitrogens with zero attached hydrogens (tertiary/aromatic N) is 5. The molecule has 0 aliphatic carbocycles. The van der Waals surface area contributed by atoms with Crippen molar-refractivity contribution >= 4 is 11.9 Å². The van der Waals surface area contributed by atoms with Crippen molar-refractivity contribution in [3.05, 3.63) is 0 Å². The van der Waals surface area contributed by atoms with Gasteiger partial charge < -0.3 is 19.9 Å². The van der Waals surface area contributed by atoms with Gasteiger partial charge in [0.25, 0.3) is 0 Å². The van der Waals surface area contributed by atoms with E-state index in [1.807, 2.05) is 14.0 Å². The molecule has 0 saturated carbocycles. The van der Waals surface area contributed by atoms with Crippen molar-refractivity contribution in [3.63, 3.8) is 0 Å². The summed E-state index contributed by atoms with van der Waals surface area (Å²) in [5, 5.41) is 3.11. The van der Waals surface area contributed by atoms with Crippen molar-refractivity contribution in [3.8, 4) is 6.01 Å². The minimum atomic E-state index is 0.353. The van der Waals surface area contributed by atoms with Crippen LogP contribution in [0, 0.1) is 5.92 Å². The van der Waals surface area contributed by atoms with Crippen molar-refractivity contribution in [1.29, 1.82) is 0 Å². The first-order valence-corrected chi connectivity index (χ1v) is 7.56. The van der Waals surface area contributed by atoms with Gasteiger partial charge in [0.15, 0.2) is 0 Å². The van der Waals surface area contributed by atoms with E-state index in [1.165, 1.54) is 25.9 Å². The number of ether oxygens (including phenoxy) is 1. The summed E-state index contributed by atoms with van der Waals surface area (Å²) >= 11 is 0. The Kier molecular flexibility index (Phi) is 5.55. The molecule has 2 heterocycles. The number of aromatic nitrogens is 3. The van der Waals surface area contributed by atoms with Gasteiger partial charge in [-0.05, 0) is 45.8 Å². The lowest BCUT2D eigenvalue weighted by atomic mass is 9.97. The van der Waals surface area contributed by atoms with E-state index in [9.17, 15) is 0 Å². The molecule has 2 rings (SSSR count). The SMILES string of the molecule is CCNc1nc(OC)nc(N(C)CC2CCN(C)CC2)n1. The first-order valence-electron chi connectivity index (χ1n) is 7.56. The molecule has 21 heavy (non-hydrogen) atoms. The van der Waals surface area contributed by atoms with Crippen LogP contribution in [0.15, 0.2) is 0 Å². The van der Waals surface area contributed by atoms with E-state index in [1.54, 1.807) is 7.11 Å². The van der Waals surface area contributed by atoms with E-state index in [2.05, 4.69) is 37.1 Å². The molecular weight excluding hydrogens is 268 g/mol. The molecule has 1 N–H and O–H groups in total. The van der Waals surface area contributed by atoms with Crippen LogP contribution in [0.2, 0.25) is 0 Å². The van der Waals surface area contributed by atoms with Crippen LogP contribution in [0.5, 0.6) is 6.01 Å². The fourth-order valence-electron chi connectivity index (χ4n) is 2.56. The second-order valence-corrected chi connectivity index (χ2v) is 5.60. The van der Waals surface area contributed by atoms with Gasteiger partial charge in [-0.25, -0.2) is 0 Å². The van der Waals surface area contributed by atoms with Crippen LogP contribution in [0.1, 0.15) is 19.8 Å². The summed E-state index contributed by atoms with van der Waals surface area (Å²) < 4.78 is 5.16. The van der Waals surface area contributed by atoms with Crippen molar-refractivity contribution in [2.45, 2.75) is 19.8 Å². The molecule has 0 unspecified atom stereocenters. The van der Waals surface area contributed by atoms with Gasteiger partial charge in [-0.2, -0.15) is 15.0 Å². The minimum absolute atomic E-state index is 0.353. The Hall–Kier alpha value is -1.63. The molecule has 1 aromatic rings. The lowest BCUT2D eigenvalue weighted by Crippen LogP contribution is -2.36. The standard InChI is InChI=1S/C14H26N6O/c1-5-15-12-16-13(18-14(17-12)21-4)20(3)10-11-6-8-19(2)9-7-11/h11H,5-10H2,1-4H3,(H,15,16,17,18). The molecule has 0 bridgehead atoms. The summed E-state index contributed by atoms with van der Waals surface area (Å²) in [5.74, 6) is 1.92. The quantitative estimate of drug-likeness (QED) is 0.842. The van der Waals surface area contributed by atoms with Gasteiger partial charge in [0, 0.05) is 20.1 Å². The first-order chi connectivity index (χ1) is 10.1. The van der Waals surface area contributed by atoms with Crippen molar-refractivity contribution in [1.82, 2.24) is 19.9 Å². The number of anilines is 2. The molecule has 0 amide bonds. The van der Waals surface area contributed by atoms with E-state index >= 15 is 0 Å². The number of rotatable bonds is 6. The zero-order valence-electron chi connectivity index (χ0n) is 13.5. The molecule has 0 spiro atoms. The third-order valence-electron chi connectivity index (χ3n) is 3.83. The Balaban J connectivity index is 2.03. The fraction of sp³-hybridized carbons (Fsp3) is 0.786. The number of piperidine rings is 1. The molecule has 1 saturated heterocycles. The maximum atomic E-state index is 5.16. The van der Waals surface area contributed by atoms with Crippen LogP contribution in [0.3, 0.4) is 0 Å². The van der Waals surface area contributed by atoms with E-state index in [0.717, 1.165) is 13.1 Å². The zero-order valence-corrected chi connectivity index (χ0v) is 13.5. The Labute approximate surface area is 126 Å². The van der Waals surface area contributed by atoms with Crippen molar-refractivity contribution < 1.29 is 4.74 Å². The molecule has 1 fully saturated rings. The highest BCUT2D eigenvalue weighted by Gasteiger charge is 2.20. The maximum absolute atomic E-state index is 5.16. The first kappa shape index (κ1) is 15.8. The molecule has 0 atom stereocenters. The lowest BCUT2D eigenvalue weighted by Gasteiger charge is -2.31. The monoisotopic (exact) mass is 294 g/mol. The van der Waals surface area contributed by atoms with E-state index in [-0.39, 0.29) is 0 Å². The molecule has 1 aromatic heterocycles. The highest BCUT2D eigenvalue weighted by atomic mass is 16.5. The van der Waals surface area contributed by atoms with Gasteiger partial charge in [0.2, 0.25) is 11.9 Å². The van der Waals surface area contributed by atoms with E-state index < -0.39 is 0 Å². The van der Waals surface area contributed by atoms with Crippen LogP contribution in [-0.4, -0.2) is 67.2 Å². The van der Waals surface area contributed by atoms with Gasteiger partial charge in [0.1, 0.15) is 0 Å². The molecule has 1 aliphatic rings. The molecule has 118 valence electrons. The smallest absolute Gasteiger partial charge is 0.322 e. The fourth-order valence-corrected chi connectivity index (χ4v) is 2.56. The summed E-state index contributed by atoms with van der Waals surface area (Å²) in [6, 6.07) is 0.353. The lowest BCUT2D eigenvalue weighted by molar-refractivity contribution is 0.222. The molecule has 7 nitrogen and oxygen atoms in total. The summed E-state index contributed by atoms with van der Waals surface area (Å²) in [6.45, 7) is 6.08. The second kappa shape index (κ2) is 7.40. The van der Waals surface area contributed by atoms with Gasteiger partial charge in [-0.1, -0.05) is 0 Å². The summed E-state index contributed by atoms with van der Waals surface area (Å²) in [6.07, 6.45) is 2.45. The number of methoxy groups -OCH3 is 1. The van der Waals surface area contributed by atoms with Crippen molar-refractivity contribution in [2.75, 3.05) is 57.6 Å². The third kappa shape index (κ3) is 4.42. The van der Waals surface area contributed by atoms with Gasteiger partial charge in [-0.15, -0.1) is 0 Å². The van der Waals surface area contributed by atoms with Crippen LogP contribution in [-0.2, 0) is 0 Å². The predicted octanol–water partition coefficient (Wildman–Crippen LogP) is 1.09. The van der Waals surface area contributed by atoms with Gasteiger partial charge >= 0.3 is 6.01 Å². The number of nitrogens with one attached hydrogen (secondary N) is 1. The summed E-state index contributed by atoms with van der Waals surface area (Å²) in [5.41, 5.74) is 0. The zero-order chi connectivity index (χ0) is 15.2. The third-order valence-corrected chi connectivity index (χ3v) is 3.83. The number of likely N-dealkylation sites (tertiary alicyclic amines) is 1. The number of hydrogen-bond acceptors (Lipinski definition) is 7. The Morgan fingerprint density at radius 1 is 1.29 bits per heavy atom. The normalized spacial score (nSPS) is 16.8. The molecule has 7 heteroatoms. The van der Waals surface area contributed by atoms with Crippen LogP contribution < -0.4 is 15.0 Å². The number of hydrogen-bond donors (Lipinski definition) is 1. The van der Waals surface area contributed by atoms with Crippen molar-refractivity contribution in [2.24, 2.45) is 5.92 Å². The highest BCUT2D eigenvalue weighted by molar-refractivity contribution is 5.37. The second-order valence-electron chi connectivity index (χ2n) is 5.60. The molecule has 1 aliphatic heterocycles. The van der Waals surface area contributed by atoms with E-state index in [4.69, 9.17) is 4.74 Å². The largest absolute Gasteiger partial charge is 0.467 e. The molecular formula is C14H26N6O. The Morgan fingerprint density at radius 2 is 2.00 bits per heavy atom. The van der Waals surface area contributed by atoms with Crippen LogP contribution in [0.25, 0.3) is 0 Å². The Morgan fingerprint density at radius 3 is 2.62 bits per heavy atom. The minimum Gasteiger partial charge on any atom is -0.467 e. The Bertz CT molecular complexity index is 447.